The second kappa shape index (κ2) is 4.01. The van der Waals surface area contributed by atoms with Gasteiger partial charge in [0.2, 0.25) is 0 Å². The zero-order valence-corrected chi connectivity index (χ0v) is 8.34. The van der Waals surface area contributed by atoms with Crippen molar-refractivity contribution < 1.29 is 0 Å². The minimum Gasteiger partial charge on any atom is -0.398 e. The molecule has 0 aliphatic heterocycles. The minimum absolute atomic E-state index is 0.491. The summed E-state index contributed by atoms with van der Waals surface area (Å²) in [4.78, 5) is 0. The summed E-state index contributed by atoms with van der Waals surface area (Å²) in [5.41, 5.74) is 6.93. The number of halogens is 2. The van der Waals surface area contributed by atoms with Crippen LogP contribution in [0.15, 0.2) is 6.07 Å². The number of hydrogen-bond acceptors (Lipinski definition) is 1. The molecule has 0 saturated carbocycles. The fourth-order valence-electron chi connectivity index (χ4n) is 1.05. The quantitative estimate of drug-likeness (QED) is 0.733. The largest absolute Gasteiger partial charge is 0.398 e. The third-order valence-corrected chi connectivity index (χ3v) is 2.25. The molecule has 65 valence electrons. The van der Waals surface area contributed by atoms with Gasteiger partial charge in [0.15, 0.2) is 0 Å². The van der Waals surface area contributed by atoms with Crippen LogP contribution in [0.1, 0.15) is 18.9 Å². The molecule has 0 spiro atoms. The van der Waals surface area contributed by atoms with Gasteiger partial charge in [0, 0.05) is 16.8 Å². The highest BCUT2D eigenvalue weighted by Crippen LogP contribution is 2.28. The molecule has 1 rings (SSSR count). The van der Waals surface area contributed by atoms with Crippen molar-refractivity contribution in [3.05, 3.63) is 27.7 Å². The van der Waals surface area contributed by atoms with E-state index in [0.29, 0.717) is 15.7 Å². The van der Waals surface area contributed by atoms with Gasteiger partial charge in [0.25, 0.3) is 0 Å². The van der Waals surface area contributed by atoms with Crippen molar-refractivity contribution >= 4 is 28.9 Å². The van der Waals surface area contributed by atoms with Gasteiger partial charge in [0.1, 0.15) is 0 Å². The molecule has 0 atom stereocenters. The molecule has 1 aromatic rings. The maximum atomic E-state index is 5.93. The molecule has 0 aliphatic rings. The molecule has 1 nitrogen and oxygen atoms in total. The fraction of sp³-hybridized carbons (Fsp3) is 0.333. The summed E-state index contributed by atoms with van der Waals surface area (Å²) in [6.45, 7) is 2.07. The van der Waals surface area contributed by atoms with E-state index in [0.717, 1.165) is 18.4 Å². The monoisotopic (exact) mass is 202 g/mol. The van der Waals surface area contributed by atoms with Crippen molar-refractivity contribution in [1.29, 1.82) is 0 Å². The highest BCUT2D eigenvalue weighted by atomic mass is 35.5. The number of anilines is 1. The Morgan fingerprint density at radius 1 is 1.50 bits per heavy atom. The van der Waals surface area contributed by atoms with Crippen molar-refractivity contribution in [2.24, 2.45) is 0 Å². The van der Waals surface area contributed by atoms with Crippen molar-refractivity contribution in [3.63, 3.8) is 0 Å². The number of hydrogen-bond donors (Lipinski definition) is 1. The van der Waals surface area contributed by atoms with Crippen LogP contribution in [0.4, 0.5) is 5.69 Å². The first-order valence-corrected chi connectivity index (χ1v) is 4.56. The van der Waals surface area contributed by atoms with E-state index in [9.17, 15) is 0 Å². The summed E-state index contributed by atoms with van der Waals surface area (Å²) in [6, 6.07) is 4.50. The van der Waals surface area contributed by atoms with E-state index in [1.165, 1.54) is 0 Å². The van der Waals surface area contributed by atoms with Gasteiger partial charge in [-0.05, 0) is 18.1 Å². The van der Waals surface area contributed by atoms with Crippen LogP contribution in [0.2, 0.25) is 10.0 Å². The lowest BCUT2D eigenvalue weighted by Gasteiger charge is -2.05. The third-order valence-electron chi connectivity index (χ3n) is 1.59. The highest BCUT2D eigenvalue weighted by molar-refractivity contribution is 6.36. The van der Waals surface area contributed by atoms with Crippen LogP contribution in [0, 0.1) is 6.07 Å². The first-order chi connectivity index (χ1) is 5.65. The van der Waals surface area contributed by atoms with Crippen LogP contribution in [0.25, 0.3) is 0 Å². The Morgan fingerprint density at radius 3 is 2.67 bits per heavy atom. The van der Waals surface area contributed by atoms with Gasteiger partial charge >= 0.3 is 0 Å². The molecule has 0 fully saturated rings. The Morgan fingerprint density at radius 2 is 2.17 bits per heavy atom. The molecule has 0 unspecified atom stereocenters. The van der Waals surface area contributed by atoms with Crippen molar-refractivity contribution in [2.75, 3.05) is 5.73 Å². The molecule has 0 aliphatic carbocycles. The lowest BCUT2D eigenvalue weighted by Crippen LogP contribution is -1.91. The predicted molar refractivity (Wildman–Crippen MR) is 53.7 cm³/mol. The number of nitrogens with two attached hydrogens (primary N) is 1. The third kappa shape index (κ3) is 2.05. The van der Waals surface area contributed by atoms with E-state index in [4.69, 9.17) is 28.9 Å². The van der Waals surface area contributed by atoms with Gasteiger partial charge in [-0.3, -0.25) is 0 Å². The lowest BCUT2D eigenvalue weighted by atomic mass is 10.1. The maximum Gasteiger partial charge on any atom is 0.0553 e. The van der Waals surface area contributed by atoms with Crippen LogP contribution in [0.3, 0.4) is 0 Å². The van der Waals surface area contributed by atoms with E-state index < -0.39 is 0 Å². The smallest absolute Gasteiger partial charge is 0.0553 e. The van der Waals surface area contributed by atoms with E-state index in [1.54, 1.807) is 6.07 Å². The van der Waals surface area contributed by atoms with Crippen LogP contribution in [-0.4, -0.2) is 0 Å². The Bertz CT molecular complexity index is 261. The molecule has 1 aromatic carbocycles. The second-order valence-corrected chi connectivity index (χ2v) is 3.40. The normalized spacial score (nSPS) is 10.2. The first kappa shape index (κ1) is 9.69. The zero-order chi connectivity index (χ0) is 9.14. The number of rotatable bonds is 2. The van der Waals surface area contributed by atoms with E-state index >= 15 is 0 Å². The Labute approximate surface area is 82.5 Å². The molecule has 1 radical (unpaired) electrons. The Hall–Kier alpha value is -0.400. The van der Waals surface area contributed by atoms with Gasteiger partial charge in [-0.15, -0.1) is 0 Å². The average molecular weight is 203 g/mol. The molecule has 0 bridgehead atoms. The SMILES string of the molecule is CCCc1c(Cl)[c]c(N)cc1Cl. The van der Waals surface area contributed by atoms with E-state index in [2.05, 4.69) is 13.0 Å². The number of nitrogen functional groups attached to an aromatic ring is 1. The highest BCUT2D eigenvalue weighted by Gasteiger charge is 2.05. The van der Waals surface area contributed by atoms with Gasteiger partial charge in [0.05, 0.1) is 5.02 Å². The molecule has 0 saturated heterocycles. The van der Waals surface area contributed by atoms with Gasteiger partial charge in [-0.2, -0.15) is 0 Å². The molecular weight excluding hydrogens is 193 g/mol. The Balaban J connectivity index is 3.10. The second-order valence-electron chi connectivity index (χ2n) is 2.62. The van der Waals surface area contributed by atoms with Crippen LogP contribution in [0.5, 0.6) is 0 Å². The minimum atomic E-state index is 0.491. The summed E-state index contributed by atoms with van der Waals surface area (Å²) in [5.74, 6) is 0. The lowest BCUT2D eigenvalue weighted by molar-refractivity contribution is 0.922. The predicted octanol–water partition coefficient (Wildman–Crippen LogP) is 3.33. The standard InChI is InChI=1S/C9H10Cl2N/c1-2-3-7-8(10)4-6(12)5-9(7)11/h4H,2-3,12H2,1H3. The molecule has 0 aromatic heterocycles. The summed E-state index contributed by atoms with van der Waals surface area (Å²) >= 11 is 11.8. The van der Waals surface area contributed by atoms with Gasteiger partial charge in [-0.25, -0.2) is 0 Å². The van der Waals surface area contributed by atoms with Crippen molar-refractivity contribution in [3.8, 4) is 0 Å². The first-order valence-electron chi connectivity index (χ1n) is 3.80. The van der Waals surface area contributed by atoms with Gasteiger partial charge in [-0.1, -0.05) is 36.5 Å². The summed E-state index contributed by atoms with van der Waals surface area (Å²) in [7, 11) is 0. The number of benzene rings is 1. The molecule has 12 heavy (non-hydrogen) atoms. The molecule has 0 heterocycles. The summed E-state index contributed by atoms with van der Waals surface area (Å²) < 4.78 is 0. The average Bonchev–Trinajstić information content (AvgIpc) is 1.96. The van der Waals surface area contributed by atoms with E-state index in [-0.39, 0.29) is 0 Å². The molecule has 3 heteroatoms. The molecule has 0 amide bonds. The molecular formula is C9H10Cl2N. The van der Waals surface area contributed by atoms with Crippen LogP contribution >= 0.6 is 23.2 Å². The Kier molecular flexibility index (Phi) is 3.24. The van der Waals surface area contributed by atoms with Crippen LogP contribution in [-0.2, 0) is 6.42 Å². The van der Waals surface area contributed by atoms with Gasteiger partial charge < -0.3 is 5.73 Å². The fourth-order valence-corrected chi connectivity index (χ4v) is 1.71. The topological polar surface area (TPSA) is 26.0 Å². The zero-order valence-electron chi connectivity index (χ0n) is 6.82. The summed E-state index contributed by atoms with van der Waals surface area (Å²) in [5, 5.41) is 1.18. The maximum absolute atomic E-state index is 5.93. The van der Waals surface area contributed by atoms with E-state index in [1.807, 2.05) is 0 Å². The molecule has 2 N–H and O–H groups in total. The van der Waals surface area contributed by atoms with Crippen molar-refractivity contribution in [1.82, 2.24) is 0 Å². The van der Waals surface area contributed by atoms with Crippen LogP contribution < -0.4 is 5.73 Å². The van der Waals surface area contributed by atoms with Crippen molar-refractivity contribution in [2.45, 2.75) is 19.8 Å². The summed E-state index contributed by atoms with van der Waals surface area (Å²) in [6.07, 6.45) is 1.88.